The molecule has 12 heavy (non-hydrogen) atoms. The van der Waals surface area contributed by atoms with E-state index in [0.29, 0.717) is 0 Å². The molecule has 0 unspecified atom stereocenters. The van der Waals surface area contributed by atoms with Crippen LogP contribution in [0.2, 0.25) is 0 Å². The highest BCUT2D eigenvalue weighted by Crippen LogP contribution is 1.97. The van der Waals surface area contributed by atoms with Crippen molar-refractivity contribution in [3.8, 4) is 0 Å². The van der Waals surface area contributed by atoms with Crippen LogP contribution in [-0.2, 0) is 13.6 Å². The van der Waals surface area contributed by atoms with Crippen molar-refractivity contribution in [1.82, 2.24) is 9.13 Å². The number of imidazole rings is 1. The molecule has 0 aliphatic heterocycles. The van der Waals surface area contributed by atoms with Gasteiger partial charge in [0.2, 0.25) is 0 Å². The van der Waals surface area contributed by atoms with Crippen LogP contribution in [0.25, 0.3) is 0 Å². The van der Waals surface area contributed by atoms with Gasteiger partial charge in [-0.25, -0.2) is 4.79 Å². The molecule has 0 bridgehead atoms. The van der Waals surface area contributed by atoms with E-state index in [9.17, 15) is 4.79 Å². The minimum Gasteiger partial charge on any atom is -0.302 e. The average molecular weight is 166 g/mol. The quantitative estimate of drug-likeness (QED) is 0.619. The van der Waals surface area contributed by atoms with Crippen LogP contribution in [0.3, 0.4) is 0 Å². The van der Waals surface area contributed by atoms with Gasteiger partial charge in [-0.05, 0) is 13.3 Å². The normalized spacial score (nSPS) is 10.2. The van der Waals surface area contributed by atoms with E-state index in [1.54, 1.807) is 28.6 Å². The van der Waals surface area contributed by atoms with Crippen molar-refractivity contribution in [1.29, 1.82) is 0 Å². The molecule has 0 aliphatic carbocycles. The Hall–Kier alpha value is -1.25. The number of hydrogen-bond donors (Lipinski definition) is 0. The summed E-state index contributed by atoms with van der Waals surface area (Å²) in [5.74, 6) is 0. The third-order valence-electron chi connectivity index (χ3n) is 1.80. The summed E-state index contributed by atoms with van der Waals surface area (Å²) in [6, 6.07) is 0. The fourth-order valence-electron chi connectivity index (χ4n) is 0.992. The highest BCUT2D eigenvalue weighted by atomic mass is 16.1. The van der Waals surface area contributed by atoms with Gasteiger partial charge >= 0.3 is 5.69 Å². The van der Waals surface area contributed by atoms with Gasteiger partial charge in [-0.2, -0.15) is 0 Å². The number of nitrogens with zero attached hydrogens (tertiary/aromatic N) is 2. The Kier molecular flexibility index (Phi) is 2.53. The molecule has 0 saturated heterocycles. The average Bonchev–Trinajstić information content (AvgIpc) is 2.30. The van der Waals surface area contributed by atoms with Crippen LogP contribution in [0.5, 0.6) is 0 Å². The molecule has 0 N–H and O–H groups in total. The minimum absolute atomic E-state index is 0.0382. The Morgan fingerprint density at radius 3 is 2.67 bits per heavy atom. The van der Waals surface area contributed by atoms with Crippen LogP contribution in [-0.4, -0.2) is 9.13 Å². The first kappa shape index (κ1) is 8.84. The summed E-state index contributed by atoms with van der Waals surface area (Å²) in [5.41, 5.74) is 1.14. The van der Waals surface area contributed by atoms with Crippen LogP contribution in [0.4, 0.5) is 0 Å². The topological polar surface area (TPSA) is 26.9 Å². The molecular formula is C9H14N2O. The van der Waals surface area contributed by atoms with Crippen molar-refractivity contribution in [2.45, 2.75) is 19.9 Å². The lowest BCUT2D eigenvalue weighted by molar-refractivity contribution is 0.647. The summed E-state index contributed by atoms with van der Waals surface area (Å²) >= 11 is 0. The molecule has 0 aromatic carbocycles. The molecule has 3 heteroatoms. The van der Waals surface area contributed by atoms with Gasteiger partial charge in [-0.15, -0.1) is 6.58 Å². The van der Waals surface area contributed by atoms with E-state index in [0.717, 1.165) is 18.5 Å². The van der Waals surface area contributed by atoms with Crippen molar-refractivity contribution in [2.24, 2.45) is 7.05 Å². The van der Waals surface area contributed by atoms with Crippen LogP contribution in [0.1, 0.15) is 13.3 Å². The minimum atomic E-state index is 0.0382. The standard InChI is InChI=1S/C9H14N2O/c1-8(2)4-5-11-7-6-10(3)9(11)12/h6-7H,1,4-5H2,2-3H3. The van der Waals surface area contributed by atoms with Crippen LogP contribution in [0, 0.1) is 0 Å². The zero-order valence-electron chi connectivity index (χ0n) is 7.58. The van der Waals surface area contributed by atoms with E-state index < -0.39 is 0 Å². The summed E-state index contributed by atoms with van der Waals surface area (Å²) in [4.78, 5) is 11.3. The van der Waals surface area contributed by atoms with Gasteiger partial charge < -0.3 is 4.57 Å². The summed E-state index contributed by atoms with van der Waals surface area (Å²) in [5, 5.41) is 0. The predicted molar refractivity (Wildman–Crippen MR) is 49.1 cm³/mol. The molecule has 1 aromatic heterocycles. The summed E-state index contributed by atoms with van der Waals surface area (Å²) in [7, 11) is 1.75. The summed E-state index contributed by atoms with van der Waals surface area (Å²) < 4.78 is 3.26. The largest absolute Gasteiger partial charge is 0.327 e. The van der Waals surface area contributed by atoms with Crippen LogP contribution in [0.15, 0.2) is 29.3 Å². The van der Waals surface area contributed by atoms with E-state index in [1.807, 2.05) is 6.92 Å². The van der Waals surface area contributed by atoms with Gasteiger partial charge in [0, 0.05) is 26.0 Å². The van der Waals surface area contributed by atoms with Gasteiger partial charge in [-0.1, -0.05) is 5.57 Å². The highest BCUT2D eigenvalue weighted by Gasteiger charge is 1.97. The van der Waals surface area contributed by atoms with Gasteiger partial charge in [0.15, 0.2) is 0 Å². The van der Waals surface area contributed by atoms with Crippen molar-refractivity contribution in [2.75, 3.05) is 0 Å². The molecule has 0 radical (unpaired) electrons. The van der Waals surface area contributed by atoms with Crippen LogP contribution < -0.4 is 5.69 Å². The zero-order valence-corrected chi connectivity index (χ0v) is 7.58. The van der Waals surface area contributed by atoms with Crippen molar-refractivity contribution in [3.63, 3.8) is 0 Å². The molecule has 3 nitrogen and oxygen atoms in total. The van der Waals surface area contributed by atoms with Gasteiger partial charge in [0.25, 0.3) is 0 Å². The molecule has 0 saturated carbocycles. The number of allylic oxidation sites excluding steroid dienone is 1. The maximum atomic E-state index is 11.3. The Labute approximate surface area is 71.9 Å². The van der Waals surface area contributed by atoms with Crippen molar-refractivity contribution >= 4 is 0 Å². The molecule has 66 valence electrons. The number of hydrogen-bond acceptors (Lipinski definition) is 1. The Bertz CT molecular complexity index is 333. The number of aryl methyl sites for hydroxylation is 2. The van der Waals surface area contributed by atoms with E-state index >= 15 is 0 Å². The van der Waals surface area contributed by atoms with E-state index in [1.165, 1.54) is 0 Å². The van der Waals surface area contributed by atoms with Gasteiger partial charge in [-0.3, -0.25) is 4.57 Å². The summed E-state index contributed by atoms with van der Waals surface area (Å²) in [6.07, 6.45) is 4.43. The van der Waals surface area contributed by atoms with E-state index in [2.05, 4.69) is 6.58 Å². The van der Waals surface area contributed by atoms with Gasteiger partial charge in [0.05, 0.1) is 0 Å². The third-order valence-corrected chi connectivity index (χ3v) is 1.80. The Balaban J connectivity index is 2.70. The Morgan fingerprint density at radius 2 is 2.25 bits per heavy atom. The number of rotatable bonds is 3. The molecule has 1 heterocycles. The molecule has 0 amide bonds. The second-order valence-corrected chi connectivity index (χ2v) is 3.09. The first-order chi connectivity index (χ1) is 5.61. The lowest BCUT2D eigenvalue weighted by Gasteiger charge is -1.99. The lowest BCUT2D eigenvalue weighted by Crippen LogP contribution is -2.21. The molecular weight excluding hydrogens is 152 g/mol. The first-order valence-corrected chi connectivity index (χ1v) is 3.97. The molecule has 1 aromatic rings. The fourth-order valence-corrected chi connectivity index (χ4v) is 0.992. The summed E-state index contributed by atoms with van der Waals surface area (Å²) in [6.45, 7) is 6.48. The maximum absolute atomic E-state index is 11.3. The highest BCUT2D eigenvalue weighted by molar-refractivity contribution is 4.89. The van der Waals surface area contributed by atoms with E-state index in [4.69, 9.17) is 0 Å². The van der Waals surface area contributed by atoms with E-state index in [-0.39, 0.29) is 5.69 Å². The molecule has 0 aliphatic rings. The smallest absolute Gasteiger partial charge is 0.302 e. The molecule has 0 atom stereocenters. The first-order valence-electron chi connectivity index (χ1n) is 3.97. The SMILES string of the molecule is C=C(C)CCn1ccn(C)c1=O. The van der Waals surface area contributed by atoms with Crippen molar-refractivity contribution < 1.29 is 0 Å². The number of aromatic nitrogens is 2. The second kappa shape index (κ2) is 3.43. The predicted octanol–water partition coefficient (Wildman–Crippen LogP) is 1.15. The zero-order chi connectivity index (χ0) is 9.14. The molecule has 1 rings (SSSR count). The van der Waals surface area contributed by atoms with Crippen LogP contribution >= 0.6 is 0 Å². The molecule has 0 spiro atoms. The second-order valence-electron chi connectivity index (χ2n) is 3.09. The molecule has 0 fully saturated rings. The lowest BCUT2D eigenvalue weighted by atomic mass is 10.2. The Morgan fingerprint density at radius 1 is 1.58 bits per heavy atom. The third kappa shape index (κ3) is 1.87. The fraction of sp³-hybridized carbons (Fsp3) is 0.444. The van der Waals surface area contributed by atoms with Crippen molar-refractivity contribution in [3.05, 3.63) is 35.0 Å². The maximum Gasteiger partial charge on any atom is 0.327 e. The monoisotopic (exact) mass is 166 g/mol. The van der Waals surface area contributed by atoms with Gasteiger partial charge in [0.1, 0.15) is 0 Å².